The van der Waals surface area contributed by atoms with E-state index in [1.165, 1.54) is 0 Å². The Morgan fingerprint density at radius 3 is 0.222 bits per heavy atom. The molecule has 0 spiro atoms. The van der Waals surface area contributed by atoms with Crippen LogP contribution in [0.25, 0.3) is 0 Å². The summed E-state index contributed by atoms with van der Waals surface area (Å²) in [5, 5.41) is 0. The van der Waals surface area contributed by atoms with E-state index in [-0.39, 0.29) is 34.1 Å². The molecule has 0 bridgehead atoms. The summed E-state index contributed by atoms with van der Waals surface area (Å²) in [6.45, 7) is 36.0. The molecule has 8 nitrogen and oxygen atoms in total. The van der Waals surface area contributed by atoms with Crippen LogP contribution in [0, 0.1) is 0 Å². The first-order valence-electron chi connectivity index (χ1n) is 1.63. The zero-order valence-electron chi connectivity index (χ0n) is 8.02. The summed E-state index contributed by atoms with van der Waals surface area (Å²) in [5.41, 5.74) is 0. The summed E-state index contributed by atoms with van der Waals surface area (Å²) in [6, 6.07) is 0. The van der Waals surface area contributed by atoms with Crippen molar-refractivity contribution in [3.05, 3.63) is 0 Å². The summed E-state index contributed by atoms with van der Waals surface area (Å²) in [7, 11) is 0. The third-order valence-corrected chi connectivity index (χ3v) is 0. The quantitative estimate of drug-likeness (QED) is 0.423. The van der Waals surface area contributed by atoms with Crippen molar-refractivity contribution >= 4 is 54.3 Å². The average Bonchev–Trinajstić information content (AvgIpc) is 2.54. The molecular formula is C8Mn2O8. The molecule has 0 N–H and O–H groups in total. The van der Waals surface area contributed by atoms with Gasteiger partial charge in [-0.3, -0.25) is 38.4 Å². The number of rotatable bonds is 0. The Morgan fingerprint density at radius 2 is 0.222 bits per heavy atom. The van der Waals surface area contributed by atoms with Crippen LogP contribution in [0.15, 0.2) is 0 Å². The smallest absolute Gasteiger partial charge is 0.281 e. The molecule has 0 unspecified atom stereocenters. The molecule has 0 fully saturated rings. The van der Waals surface area contributed by atoms with Gasteiger partial charge in [-0.25, -0.2) is 0 Å². The van der Waals surface area contributed by atoms with Crippen molar-refractivity contribution in [3.8, 4) is 0 Å². The molecule has 0 aliphatic carbocycles. The minimum absolute atomic E-state index is 0. The predicted octanol–water partition coefficient (Wildman–Crippen LogP) is -3.18. The maximum absolute atomic E-state index is 7.50. The van der Waals surface area contributed by atoms with Gasteiger partial charge in [0.1, 0.15) is 0 Å². The van der Waals surface area contributed by atoms with E-state index in [2.05, 4.69) is 54.3 Å². The summed E-state index contributed by atoms with van der Waals surface area (Å²) in [5.74, 6) is 0. The molecular weight excluding hydrogens is 334 g/mol. The average molecular weight is 334 g/mol. The minimum atomic E-state index is 0. The third kappa shape index (κ3) is 1010. The first kappa shape index (κ1) is 95.0. The first-order chi connectivity index (χ1) is 8.00. The van der Waals surface area contributed by atoms with Crippen LogP contribution >= 0.6 is 0 Å². The van der Waals surface area contributed by atoms with Gasteiger partial charge >= 0.3 is 0 Å². The van der Waals surface area contributed by atoms with Crippen molar-refractivity contribution in [3.63, 3.8) is 0 Å². The van der Waals surface area contributed by atoms with E-state index in [0.29, 0.717) is 0 Å². The molecule has 0 aliphatic heterocycles. The molecule has 18 radical (unpaired) electrons. The Hall–Kier alpha value is -1.60. The van der Waals surface area contributed by atoms with Crippen LogP contribution in [-0.4, -0.2) is 54.3 Å². The molecule has 18 heavy (non-hydrogen) atoms. The summed E-state index contributed by atoms with van der Waals surface area (Å²) in [4.78, 5) is 60.0. The van der Waals surface area contributed by atoms with Crippen LogP contribution in [0.4, 0.5) is 0 Å². The van der Waals surface area contributed by atoms with Crippen molar-refractivity contribution in [2.75, 3.05) is 0 Å². The number of carbonyl (C=O) groups excluding carboxylic acids is 8. The van der Waals surface area contributed by atoms with Gasteiger partial charge in [0.15, 0.2) is 0 Å². The maximum Gasteiger partial charge on any atom is 0.281 e. The Bertz CT molecular complexity index is 49.1. The Morgan fingerprint density at radius 1 is 0.222 bits per heavy atom. The van der Waals surface area contributed by atoms with Crippen LogP contribution in [0.3, 0.4) is 0 Å². The third-order valence-electron chi connectivity index (χ3n) is 0. The predicted molar refractivity (Wildman–Crippen MR) is 45.5 cm³/mol. The van der Waals surface area contributed by atoms with Crippen LogP contribution in [0.5, 0.6) is 0 Å². The fourth-order valence-corrected chi connectivity index (χ4v) is 0. The van der Waals surface area contributed by atoms with Crippen LogP contribution in [-0.2, 0) is 72.5 Å². The molecule has 0 aliphatic rings. The van der Waals surface area contributed by atoms with Crippen LogP contribution in [0.2, 0.25) is 0 Å². The molecule has 94 valence electrons. The van der Waals surface area contributed by atoms with Crippen molar-refractivity contribution in [2.24, 2.45) is 0 Å². The molecule has 0 aromatic rings. The topological polar surface area (TPSA) is 137 Å². The SMILES string of the molecule is [C]=O.[C]=O.[C]=O.[C]=O.[C]=O.[C]=O.[C]=O.[C]=O.[Mn].[Mn]. The second-order valence-electron chi connectivity index (χ2n) is 0. The monoisotopic (exact) mass is 334 g/mol. The standard InChI is InChI=1S/8CO.2Mn/c8*1-2;;. The summed E-state index contributed by atoms with van der Waals surface area (Å²) in [6.07, 6.45) is 0. The van der Waals surface area contributed by atoms with Gasteiger partial charge in [0.05, 0.1) is 0 Å². The molecule has 0 amide bonds. The van der Waals surface area contributed by atoms with E-state index in [9.17, 15) is 0 Å². The molecule has 10 heteroatoms. The summed E-state index contributed by atoms with van der Waals surface area (Å²) < 4.78 is 0. The minimum Gasteiger partial charge on any atom is -0.281 e. The molecule has 0 atom stereocenters. The molecule has 0 rings (SSSR count). The molecule has 0 aromatic heterocycles. The van der Waals surface area contributed by atoms with E-state index < -0.39 is 0 Å². The van der Waals surface area contributed by atoms with Gasteiger partial charge in [-0.05, 0) is 0 Å². The van der Waals surface area contributed by atoms with E-state index in [4.69, 9.17) is 38.4 Å². The van der Waals surface area contributed by atoms with Gasteiger partial charge in [-0.2, -0.15) is 0 Å². The first-order valence-corrected chi connectivity index (χ1v) is 1.63. The Labute approximate surface area is 127 Å². The fraction of sp³-hybridized carbons (Fsp3) is 0. The van der Waals surface area contributed by atoms with E-state index >= 15 is 0 Å². The second-order valence-corrected chi connectivity index (χ2v) is 0. The Balaban J connectivity index is -0.00000000500. The molecule has 0 heterocycles. The van der Waals surface area contributed by atoms with Crippen molar-refractivity contribution in [1.29, 1.82) is 0 Å². The van der Waals surface area contributed by atoms with Gasteiger partial charge < -0.3 is 0 Å². The molecule has 0 saturated carbocycles. The van der Waals surface area contributed by atoms with Gasteiger partial charge in [0.2, 0.25) is 0 Å². The van der Waals surface area contributed by atoms with Crippen molar-refractivity contribution in [2.45, 2.75) is 0 Å². The van der Waals surface area contributed by atoms with Gasteiger partial charge in [0, 0.05) is 34.1 Å². The van der Waals surface area contributed by atoms with Crippen LogP contribution in [0.1, 0.15) is 0 Å². The Kier molecular flexibility index (Phi) is 6570. The molecule has 0 aromatic carbocycles. The van der Waals surface area contributed by atoms with Crippen LogP contribution < -0.4 is 0 Å². The normalized spacial score (nSPS) is 1.78. The van der Waals surface area contributed by atoms with Crippen molar-refractivity contribution in [1.82, 2.24) is 0 Å². The maximum atomic E-state index is 7.50. The largest absolute Gasteiger partial charge is 0.281 e. The number of hydrogen-bond donors (Lipinski definition) is 0. The van der Waals surface area contributed by atoms with E-state index in [1.807, 2.05) is 0 Å². The zero-order chi connectivity index (χ0) is 16.0. The zero-order valence-corrected chi connectivity index (χ0v) is 10.4. The fourth-order valence-electron chi connectivity index (χ4n) is 0. The van der Waals surface area contributed by atoms with E-state index in [1.54, 1.807) is 0 Å². The van der Waals surface area contributed by atoms with Gasteiger partial charge in [0.25, 0.3) is 54.3 Å². The molecule has 0 saturated heterocycles. The second kappa shape index (κ2) is 1250. The number of hydrogen-bond acceptors (Lipinski definition) is 8. The summed E-state index contributed by atoms with van der Waals surface area (Å²) >= 11 is 0. The van der Waals surface area contributed by atoms with Gasteiger partial charge in [-0.15, -0.1) is 0 Å². The van der Waals surface area contributed by atoms with Crippen molar-refractivity contribution < 1.29 is 72.5 Å². The van der Waals surface area contributed by atoms with Gasteiger partial charge in [-0.1, -0.05) is 0 Å². The van der Waals surface area contributed by atoms with E-state index in [0.717, 1.165) is 0 Å².